The van der Waals surface area contributed by atoms with Crippen LogP contribution >= 0.6 is 11.3 Å². The van der Waals surface area contributed by atoms with Crippen LogP contribution in [0.1, 0.15) is 15.9 Å². The van der Waals surface area contributed by atoms with Crippen molar-refractivity contribution < 1.29 is 4.79 Å². The lowest BCUT2D eigenvalue weighted by Crippen LogP contribution is -2.26. The minimum atomic E-state index is -0.277. The zero-order valence-electron chi connectivity index (χ0n) is 12.0. The highest BCUT2D eigenvalue weighted by molar-refractivity contribution is 7.13. The van der Waals surface area contributed by atoms with E-state index in [2.05, 4.69) is 5.10 Å². The normalized spacial score (nSPS) is 10.6. The number of nitrogens with zero attached hydrogens (tertiary/aromatic N) is 2. The van der Waals surface area contributed by atoms with Crippen LogP contribution in [0.25, 0.3) is 10.6 Å². The van der Waals surface area contributed by atoms with Crippen LogP contribution in [0.2, 0.25) is 0 Å². The Hall–Kier alpha value is -2.53. The summed E-state index contributed by atoms with van der Waals surface area (Å²) in [5, 5.41) is 6.24. The van der Waals surface area contributed by atoms with Gasteiger partial charge in [0.05, 0.1) is 4.88 Å². The van der Waals surface area contributed by atoms with Gasteiger partial charge >= 0.3 is 0 Å². The number of carbonyl (C=O) groups is 1. The Balaban J connectivity index is 1.88. The monoisotopic (exact) mass is 310 g/mol. The molecule has 0 aliphatic heterocycles. The van der Waals surface area contributed by atoms with Crippen molar-refractivity contribution in [2.24, 2.45) is 0 Å². The largest absolute Gasteiger partial charge is 0.292 e. The Labute approximate surface area is 131 Å². The molecule has 0 unspecified atom stereocenters. The van der Waals surface area contributed by atoms with Gasteiger partial charge in [0, 0.05) is 11.6 Å². The summed E-state index contributed by atoms with van der Waals surface area (Å²) in [5.74, 6) is -0.127. The lowest BCUT2D eigenvalue weighted by atomic mass is 10.1. The number of hydrogen-bond donors (Lipinski definition) is 0. The molecular formula is C17H14N2O2S. The van der Waals surface area contributed by atoms with Crippen molar-refractivity contribution in [3.63, 3.8) is 0 Å². The molecule has 2 aromatic heterocycles. The molecule has 3 rings (SSSR count). The first-order valence-corrected chi connectivity index (χ1v) is 7.73. The van der Waals surface area contributed by atoms with Crippen molar-refractivity contribution in [3.8, 4) is 10.6 Å². The molecule has 0 saturated carbocycles. The fourth-order valence-corrected chi connectivity index (χ4v) is 2.78. The maximum absolute atomic E-state index is 12.3. The zero-order chi connectivity index (χ0) is 15.5. The van der Waals surface area contributed by atoms with Gasteiger partial charge in [0.2, 0.25) is 0 Å². The topological polar surface area (TPSA) is 52.0 Å². The Morgan fingerprint density at radius 1 is 1.14 bits per heavy atom. The van der Waals surface area contributed by atoms with Crippen molar-refractivity contribution in [1.82, 2.24) is 9.78 Å². The maximum atomic E-state index is 12.3. The summed E-state index contributed by atoms with van der Waals surface area (Å²) >= 11 is 1.54. The lowest BCUT2D eigenvalue weighted by molar-refractivity contribution is 0.0966. The van der Waals surface area contributed by atoms with Gasteiger partial charge < -0.3 is 0 Å². The van der Waals surface area contributed by atoms with Gasteiger partial charge in [-0.15, -0.1) is 11.3 Å². The average molecular weight is 310 g/mol. The Bertz CT molecular complexity index is 849. The van der Waals surface area contributed by atoms with Gasteiger partial charge in [-0.05, 0) is 24.4 Å². The summed E-state index contributed by atoms with van der Waals surface area (Å²) in [5.41, 5.74) is 2.10. The van der Waals surface area contributed by atoms with E-state index in [1.807, 2.05) is 36.6 Å². The van der Waals surface area contributed by atoms with Crippen molar-refractivity contribution in [2.45, 2.75) is 13.5 Å². The van der Waals surface area contributed by atoms with Gasteiger partial charge in [0.15, 0.2) is 5.78 Å². The number of benzene rings is 1. The van der Waals surface area contributed by atoms with Crippen LogP contribution in [0.4, 0.5) is 0 Å². The molecule has 0 amide bonds. The number of rotatable bonds is 4. The van der Waals surface area contributed by atoms with E-state index >= 15 is 0 Å². The smallest absolute Gasteiger partial charge is 0.267 e. The quantitative estimate of drug-likeness (QED) is 0.696. The number of thiophene rings is 1. The third kappa shape index (κ3) is 3.04. The summed E-state index contributed by atoms with van der Waals surface area (Å²) in [6.07, 6.45) is 0. The number of Topliss-reactive ketones (excluding diaryl/α,β-unsaturated/α-hetero) is 1. The lowest BCUT2D eigenvalue weighted by Gasteiger charge is -2.06. The number of carbonyl (C=O) groups excluding carboxylic acids is 1. The third-order valence-corrected chi connectivity index (χ3v) is 4.20. The van der Waals surface area contributed by atoms with E-state index < -0.39 is 0 Å². The van der Waals surface area contributed by atoms with E-state index in [4.69, 9.17) is 0 Å². The van der Waals surface area contributed by atoms with Crippen LogP contribution in [0, 0.1) is 6.92 Å². The molecule has 0 N–H and O–H groups in total. The van der Waals surface area contributed by atoms with Crippen molar-refractivity contribution in [3.05, 3.63) is 75.4 Å². The predicted molar refractivity (Wildman–Crippen MR) is 87.3 cm³/mol. The molecule has 4 nitrogen and oxygen atoms in total. The standard InChI is InChI=1S/C17H14N2O2S/c1-12-4-6-13(7-5-12)15(20)11-19-17(21)9-8-14(18-19)16-3-2-10-22-16/h2-10H,11H2,1H3. The van der Waals surface area contributed by atoms with Gasteiger partial charge in [-0.1, -0.05) is 35.9 Å². The fourth-order valence-electron chi connectivity index (χ4n) is 2.08. The van der Waals surface area contributed by atoms with Crippen LogP contribution in [0.3, 0.4) is 0 Å². The summed E-state index contributed by atoms with van der Waals surface area (Å²) < 4.78 is 1.22. The third-order valence-electron chi connectivity index (χ3n) is 3.31. The molecule has 0 aliphatic carbocycles. The van der Waals surface area contributed by atoms with Crippen LogP contribution < -0.4 is 5.56 Å². The first-order valence-electron chi connectivity index (χ1n) is 6.85. The molecule has 0 spiro atoms. The molecule has 0 aliphatic rings. The predicted octanol–water partition coefficient (Wildman–Crippen LogP) is 3.16. The number of hydrogen-bond acceptors (Lipinski definition) is 4. The Kier molecular flexibility index (Phi) is 3.98. The number of aryl methyl sites for hydroxylation is 1. The molecule has 0 fully saturated rings. The second kappa shape index (κ2) is 6.07. The van der Waals surface area contributed by atoms with E-state index in [9.17, 15) is 9.59 Å². The minimum absolute atomic E-state index is 0.0545. The molecule has 5 heteroatoms. The highest BCUT2D eigenvalue weighted by Gasteiger charge is 2.10. The molecule has 1 aromatic carbocycles. The highest BCUT2D eigenvalue weighted by Crippen LogP contribution is 2.21. The van der Waals surface area contributed by atoms with E-state index in [0.29, 0.717) is 11.3 Å². The van der Waals surface area contributed by atoms with E-state index in [-0.39, 0.29) is 17.9 Å². The molecule has 3 aromatic rings. The summed E-state index contributed by atoms with van der Waals surface area (Å²) in [7, 11) is 0. The molecule has 2 heterocycles. The molecule has 110 valence electrons. The number of ketones is 1. The molecule has 0 atom stereocenters. The SMILES string of the molecule is Cc1ccc(C(=O)Cn2nc(-c3cccs3)ccc2=O)cc1. The van der Waals surface area contributed by atoms with Gasteiger partial charge in [-0.25, -0.2) is 4.68 Å². The minimum Gasteiger partial charge on any atom is -0.292 e. The Morgan fingerprint density at radius 2 is 1.91 bits per heavy atom. The van der Waals surface area contributed by atoms with Crippen molar-refractivity contribution >= 4 is 17.1 Å². The van der Waals surface area contributed by atoms with Crippen molar-refractivity contribution in [2.75, 3.05) is 0 Å². The first-order chi connectivity index (χ1) is 10.6. The molecular weight excluding hydrogens is 296 g/mol. The Morgan fingerprint density at radius 3 is 2.59 bits per heavy atom. The summed E-state index contributed by atoms with van der Waals surface area (Å²) in [6.45, 7) is 1.91. The molecule has 22 heavy (non-hydrogen) atoms. The molecule has 0 radical (unpaired) electrons. The van der Waals surface area contributed by atoms with Crippen molar-refractivity contribution in [1.29, 1.82) is 0 Å². The van der Waals surface area contributed by atoms with E-state index in [1.54, 1.807) is 29.5 Å². The van der Waals surface area contributed by atoms with E-state index in [0.717, 1.165) is 10.4 Å². The van der Waals surface area contributed by atoms with Crippen LogP contribution in [-0.4, -0.2) is 15.6 Å². The van der Waals surface area contributed by atoms with Crippen LogP contribution in [0.15, 0.2) is 58.7 Å². The van der Waals surface area contributed by atoms with Crippen LogP contribution in [0.5, 0.6) is 0 Å². The van der Waals surface area contributed by atoms with Gasteiger partial charge in [-0.2, -0.15) is 5.10 Å². The van der Waals surface area contributed by atoms with Gasteiger partial charge in [-0.3, -0.25) is 9.59 Å². The molecule has 0 saturated heterocycles. The average Bonchev–Trinajstić information content (AvgIpc) is 3.04. The second-order valence-electron chi connectivity index (χ2n) is 4.98. The van der Waals surface area contributed by atoms with Crippen LogP contribution in [-0.2, 0) is 6.54 Å². The zero-order valence-corrected chi connectivity index (χ0v) is 12.8. The number of aromatic nitrogens is 2. The second-order valence-corrected chi connectivity index (χ2v) is 5.93. The highest BCUT2D eigenvalue weighted by atomic mass is 32.1. The van der Waals surface area contributed by atoms with Gasteiger partial charge in [0.25, 0.3) is 5.56 Å². The molecule has 0 bridgehead atoms. The summed E-state index contributed by atoms with van der Waals surface area (Å²) in [6, 6.07) is 14.3. The maximum Gasteiger partial charge on any atom is 0.267 e. The fraction of sp³-hybridized carbons (Fsp3) is 0.118. The van der Waals surface area contributed by atoms with E-state index in [1.165, 1.54) is 10.7 Å². The first kappa shape index (κ1) is 14.4. The van der Waals surface area contributed by atoms with Gasteiger partial charge in [0.1, 0.15) is 12.2 Å². The summed E-state index contributed by atoms with van der Waals surface area (Å²) in [4.78, 5) is 25.2.